The number of hydrogen-bond acceptors (Lipinski definition) is 5. The Kier molecular flexibility index (Phi) is 5.61. The van der Waals surface area contributed by atoms with Gasteiger partial charge in [-0.3, -0.25) is 14.4 Å². The van der Waals surface area contributed by atoms with Gasteiger partial charge in [0.05, 0.1) is 11.4 Å². The summed E-state index contributed by atoms with van der Waals surface area (Å²) in [6, 6.07) is 14.2. The number of rotatable bonds is 4. The van der Waals surface area contributed by atoms with Crippen molar-refractivity contribution in [3.05, 3.63) is 77.4 Å². The number of nitrogens with zero attached hydrogens (tertiary/aromatic N) is 2. The zero-order valence-electron chi connectivity index (χ0n) is 18.3. The third-order valence-corrected chi connectivity index (χ3v) is 5.57. The highest BCUT2D eigenvalue weighted by atomic mass is 16.5. The fraction of sp³-hybridized carbons (Fsp3) is 0.231. The van der Waals surface area contributed by atoms with Crippen LogP contribution in [0.25, 0.3) is 5.76 Å². The van der Waals surface area contributed by atoms with Crippen LogP contribution < -0.4 is 4.90 Å². The molecule has 162 valence electrons. The van der Waals surface area contributed by atoms with E-state index in [9.17, 15) is 14.4 Å². The molecule has 2 aromatic rings. The number of ketones is 1. The molecule has 0 radical (unpaired) electrons. The number of carbonyl (C=O) groups is 3. The summed E-state index contributed by atoms with van der Waals surface area (Å²) in [5.74, 6) is 0.0916. The molecule has 6 heteroatoms. The van der Waals surface area contributed by atoms with Gasteiger partial charge in [0.25, 0.3) is 5.91 Å². The Morgan fingerprint density at radius 2 is 1.78 bits per heavy atom. The number of allylic oxidation sites excluding steroid dienone is 2. The molecule has 6 nitrogen and oxygen atoms in total. The topological polar surface area (TPSA) is 76.0 Å². The maximum Gasteiger partial charge on any atom is 0.257 e. The summed E-state index contributed by atoms with van der Waals surface area (Å²) in [5, 5.41) is 0. The zero-order chi connectivity index (χ0) is 22.9. The lowest BCUT2D eigenvalue weighted by atomic mass is 9.82. The predicted octanol–water partition coefficient (Wildman–Crippen LogP) is 4.76. The third kappa shape index (κ3) is 3.91. The van der Waals surface area contributed by atoms with Gasteiger partial charge in [-0.1, -0.05) is 30.3 Å². The number of Topliss-reactive ketones (excluding diaryl/α,β-unsaturated/α-hetero) is 1. The molecule has 0 aromatic heterocycles. The fourth-order valence-electron chi connectivity index (χ4n) is 3.91. The first kappa shape index (κ1) is 21.4. The van der Waals surface area contributed by atoms with E-state index < -0.39 is 5.91 Å². The number of amides is 2. The van der Waals surface area contributed by atoms with Crippen molar-refractivity contribution in [2.75, 3.05) is 4.90 Å². The molecule has 2 amide bonds. The summed E-state index contributed by atoms with van der Waals surface area (Å²) in [5.41, 5.74) is 3.28. The quantitative estimate of drug-likeness (QED) is 0.520. The van der Waals surface area contributed by atoms with Crippen LogP contribution in [0.5, 0.6) is 0 Å². The number of anilines is 1. The Labute approximate surface area is 186 Å². The number of aliphatic imine (C=N–C) groups is 1. The summed E-state index contributed by atoms with van der Waals surface area (Å²) in [7, 11) is 0. The van der Waals surface area contributed by atoms with Crippen molar-refractivity contribution in [1.82, 2.24) is 0 Å². The Hall–Kier alpha value is -3.80. The molecule has 0 saturated carbocycles. The first-order chi connectivity index (χ1) is 15.3. The number of imide groups is 1. The van der Waals surface area contributed by atoms with Crippen LogP contribution in [-0.4, -0.2) is 29.4 Å². The molecule has 0 spiro atoms. The van der Waals surface area contributed by atoms with E-state index in [1.807, 2.05) is 38.1 Å². The monoisotopic (exact) mass is 428 g/mol. The molecule has 0 bridgehead atoms. The summed E-state index contributed by atoms with van der Waals surface area (Å²) in [4.78, 5) is 42.4. The van der Waals surface area contributed by atoms with Gasteiger partial charge in [-0.2, -0.15) is 0 Å². The Morgan fingerprint density at radius 1 is 1.09 bits per heavy atom. The molecule has 1 aliphatic carbocycles. The largest absolute Gasteiger partial charge is 0.487 e. The highest BCUT2D eigenvalue weighted by molar-refractivity contribution is 6.54. The van der Waals surface area contributed by atoms with Crippen molar-refractivity contribution in [3.8, 4) is 0 Å². The van der Waals surface area contributed by atoms with E-state index in [2.05, 4.69) is 4.99 Å². The maximum absolute atomic E-state index is 13.3. The highest BCUT2D eigenvalue weighted by Gasteiger charge is 2.38. The van der Waals surface area contributed by atoms with E-state index in [0.717, 1.165) is 22.4 Å². The molecule has 1 heterocycles. The van der Waals surface area contributed by atoms with E-state index in [1.165, 1.54) is 6.08 Å². The number of benzene rings is 2. The molecule has 0 fully saturated rings. The normalized spacial score (nSPS) is 18.2. The van der Waals surface area contributed by atoms with Gasteiger partial charge in [-0.25, -0.2) is 9.89 Å². The molecule has 0 N–H and O–H groups in total. The maximum atomic E-state index is 13.3. The minimum absolute atomic E-state index is 0.129. The second-order valence-electron chi connectivity index (χ2n) is 8.33. The molecule has 0 saturated heterocycles. The van der Waals surface area contributed by atoms with Crippen LogP contribution in [0, 0.1) is 0 Å². The van der Waals surface area contributed by atoms with Crippen LogP contribution in [0.4, 0.5) is 11.4 Å². The lowest BCUT2D eigenvalue weighted by molar-refractivity contribution is -0.118. The average Bonchev–Trinajstić information content (AvgIpc) is 2.77. The first-order valence-corrected chi connectivity index (χ1v) is 10.5. The summed E-state index contributed by atoms with van der Waals surface area (Å²) in [6.07, 6.45) is 4.75. The van der Waals surface area contributed by atoms with Gasteiger partial charge in [-0.05, 0) is 64.0 Å². The van der Waals surface area contributed by atoms with E-state index in [1.54, 1.807) is 37.3 Å². The zero-order valence-corrected chi connectivity index (χ0v) is 18.3. The minimum atomic E-state index is -0.433. The van der Waals surface area contributed by atoms with Gasteiger partial charge < -0.3 is 4.74 Å². The number of hydrogen-bond donors (Lipinski definition) is 0. The van der Waals surface area contributed by atoms with Gasteiger partial charge in [-0.15, -0.1) is 0 Å². The Bertz CT molecular complexity index is 1190. The predicted molar refractivity (Wildman–Crippen MR) is 124 cm³/mol. The molecule has 0 atom stereocenters. The molecular formula is C26H24N2O4. The van der Waals surface area contributed by atoms with Gasteiger partial charge >= 0.3 is 0 Å². The van der Waals surface area contributed by atoms with E-state index in [4.69, 9.17) is 4.74 Å². The van der Waals surface area contributed by atoms with Crippen LogP contribution in [0.1, 0.15) is 44.7 Å². The first-order valence-electron chi connectivity index (χ1n) is 10.5. The lowest BCUT2D eigenvalue weighted by Crippen LogP contribution is -2.34. The second-order valence-corrected chi connectivity index (χ2v) is 8.33. The van der Waals surface area contributed by atoms with Crippen molar-refractivity contribution >= 4 is 40.9 Å². The van der Waals surface area contributed by atoms with Crippen LogP contribution in [-0.2, 0) is 19.1 Å². The van der Waals surface area contributed by atoms with Crippen molar-refractivity contribution in [1.29, 1.82) is 0 Å². The van der Waals surface area contributed by atoms with Gasteiger partial charge in [0.2, 0.25) is 12.2 Å². The van der Waals surface area contributed by atoms with Crippen molar-refractivity contribution < 1.29 is 19.1 Å². The van der Waals surface area contributed by atoms with E-state index in [-0.39, 0.29) is 11.4 Å². The smallest absolute Gasteiger partial charge is 0.257 e. The standard InChI is InChI=1S/C26H24N2O4/c1-4-7-22(30)28(16-29)18-12-10-17(11-13-18)27-23-19-8-5-6-9-20(19)25-21(24(23)31)14-15-26(2,3)32-25/h4-13,16H,14-15H2,1-3H3/b7-4-,27-23?. The second kappa shape index (κ2) is 8.38. The summed E-state index contributed by atoms with van der Waals surface area (Å²) in [6.45, 7) is 5.76. The highest BCUT2D eigenvalue weighted by Crippen LogP contribution is 2.41. The fourth-order valence-corrected chi connectivity index (χ4v) is 3.91. The number of carbonyl (C=O) groups excluding carboxylic acids is 3. The van der Waals surface area contributed by atoms with Crippen LogP contribution in [0.3, 0.4) is 0 Å². The van der Waals surface area contributed by atoms with Crippen LogP contribution in [0.2, 0.25) is 0 Å². The Morgan fingerprint density at radius 3 is 2.44 bits per heavy atom. The van der Waals surface area contributed by atoms with E-state index >= 15 is 0 Å². The van der Waals surface area contributed by atoms with Crippen LogP contribution >= 0.6 is 0 Å². The molecule has 2 aromatic carbocycles. The van der Waals surface area contributed by atoms with Gasteiger partial charge in [0.1, 0.15) is 17.1 Å². The molecule has 32 heavy (non-hydrogen) atoms. The Balaban J connectivity index is 1.72. The minimum Gasteiger partial charge on any atom is -0.487 e. The molecule has 4 rings (SSSR count). The molecule has 1 aliphatic heterocycles. The third-order valence-electron chi connectivity index (χ3n) is 5.57. The molecular weight excluding hydrogens is 404 g/mol. The number of ether oxygens (including phenoxy) is 1. The molecule has 0 unspecified atom stereocenters. The van der Waals surface area contributed by atoms with Gasteiger partial charge in [0.15, 0.2) is 0 Å². The summed E-state index contributed by atoms with van der Waals surface area (Å²) >= 11 is 0. The average molecular weight is 428 g/mol. The van der Waals surface area contributed by atoms with Crippen LogP contribution in [0.15, 0.2) is 71.2 Å². The summed E-state index contributed by atoms with van der Waals surface area (Å²) < 4.78 is 6.20. The van der Waals surface area contributed by atoms with E-state index in [0.29, 0.717) is 41.2 Å². The number of fused-ring (bicyclic) bond motifs is 2. The van der Waals surface area contributed by atoms with Crippen molar-refractivity contribution in [2.45, 2.75) is 39.2 Å². The SMILES string of the molecule is C/C=C\C(=O)N(C=O)c1ccc(N=C2C(=O)C3=C(OC(C)(C)CC3)c3ccccc32)cc1. The lowest BCUT2D eigenvalue weighted by Gasteiger charge is -2.36. The molecule has 2 aliphatic rings. The van der Waals surface area contributed by atoms with Crippen molar-refractivity contribution in [3.63, 3.8) is 0 Å². The van der Waals surface area contributed by atoms with Gasteiger partial charge in [0, 0.05) is 16.7 Å². The van der Waals surface area contributed by atoms with Crippen molar-refractivity contribution in [2.24, 2.45) is 4.99 Å².